The lowest BCUT2D eigenvalue weighted by Crippen LogP contribution is -2.38. The van der Waals surface area contributed by atoms with Crippen LogP contribution in [0.2, 0.25) is 0 Å². The summed E-state index contributed by atoms with van der Waals surface area (Å²) in [5, 5.41) is 5.94. The monoisotopic (exact) mass is 786 g/mol. The summed E-state index contributed by atoms with van der Waals surface area (Å²) >= 11 is 0. The number of aryl methyl sites for hydroxylation is 6. The van der Waals surface area contributed by atoms with Crippen molar-refractivity contribution < 1.29 is 18.7 Å². The molecule has 0 atom stereocenters. The average molecular weight is 787 g/mol. The number of nitrogens with one attached hydrogen (secondary N) is 2. The zero-order valence-electron chi connectivity index (χ0n) is 32.8. The number of amides is 2. The van der Waals surface area contributed by atoms with Gasteiger partial charge >= 0.3 is 0 Å². The predicted octanol–water partition coefficient (Wildman–Crippen LogP) is 8.00. The third kappa shape index (κ3) is 9.18. The standard InChI is InChI=1S/C46H52N6O2S2/c1-33(53)47-41-15-21-49(43(31-41)13-11-35-27-37-7-3-17-51-18-4-8-38(28-35)45(37)51)23-25-55-56-26-24-50-22-16-42(48-34(2)54)32-44(50)14-12-36-29-39-9-5-19-52-20-6-10-40(30-36)46(39)52/h11-16,21-22,27-32H,3-10,17-20,23-26H2,1-2H3/p+2/b13-11+,14-12+. The maximum atomic E-state index is 11.9. The van der Waals surface area contributed by atoms with E-state index in [9.17, 15) is 9.59 Å². The van der Waals surface area contributed by atoms with Gasteiger partial charge in [-0.1, -0.05) is 21.6 Å². The second-order valence-corrected chi connectivity index (χ2v) is 18.2. The predicted molar refractivity (Wildman–Crippen MR) is 235 cm³/mol. The number of benzene rings is 2. The fourth-order valence-corrected chi connectivity index (χ4v) is 10.9. The molecular weight excluding hydrogens is 733 g/mol. The third-order valence-corrected chi connectivity index (χ3v) is 13.7. The molecule has 4 aliphatic heterocycles. The summed E-state index contributed by atoms with van der Waals surface area (Å²) in [7, 11) is 3.78. The van der Waals surface area contributed by atoms with E-state index in [0.717, 1.165) is 73.0 Å². The minimum Gasteiger partial charge on any atom is -0.371 e. The van der Waals surface area contributed by atoms with Crippen LogP contribution in [0.15, 0.2) is 60.9 Å². The molecule has 10 heteroatoms. The van der Waals surface area contributed by atoms with Gasteiger partial charge in [-0.25, -0.2) is 0 Å². The van der Waals surface area contributed by atoms with Crippen molar-refractivity contribution >= 4 is 80.5 Å². The molecule has 2 aromatic heterocycles. The second-order valence-electron chi connectivity index (χ2n) is 15.5. The van der Waals surface area contributed by atoms with E-state index in [2.05, 4.69) is 103 Å². The van der Waals surface area contributed by atoms with Crippen molar-refractivity contribution in [2.24, 2.45) is 0 Å². The van der Waals surface area contributed by atoms with Crippen LogP contribution in [0.25, 0.3) is 24.3 Å². The summed E-state index contributed by atoms with van der Waals surface area (Å²) in [5.74, 6) is 1.77. The molecule has 0 saturated heterocycles. The van der Waals surface area contributed by atoms with Crippen molar-refractivity contribution in [2.75, 3.05) is 58.1 Å². The minimum absolute atomic E-state index is 0.0659. The van der Waals surface area contributed by atoms with E-state index in [0.29, 0.717) is 0 Å². The highest BCUT2D eigenvalue weighted by Gasteiger charge is 2.25. The second kappa shape index (κ2) is 17.7. The van der Waals surface area contributed by atoms with Gasteiger partial charge in [0.15, 0.2) is 25.5 Å². The minimum atomic E-state index is -0.0659. The van der Waals surface area contributed by atoms with Crippen LogP contribution in [0.3, 0.4) is 0 Å². The zero-order chi connectivity index (χ0) is 38.4. The molecule has 290 valence electrons. The van der Waals surface area contributed by atoms with E-state index in [4.69, 9.17) is 0 Å². The molecule has 6 heterocycles. The molecule has 56 heavy (non-hydrogen) atoms. The number of carbonyl (C=O) groups excluding carboxylic acids is 2. The lowest BCUT2D eigenvalue weighted by molar-refractivity contribution is -0.694. The first-order valence-electron chi connectivity index (χ1n) is 20.4. The molecule has 0 spiro atoms. The molecular formula is C46H54N6O2S2+2. The van der Waals surface area contributed by atoms with E-state index < -0.39 is 0 Å². The summed E-state index contributed by atoms with van der Waals surface area (Å²) in [6.45, 7) is 9.55. The van der Waals surface area contributed by atoms with Gasteiger partial charge in [0.05, 0.1) is 22.9 Å². The number of anilines is 4. The van der Waals surface area contributed by atoms with Gasteiger partial charge in [0.2, 0.25) is 23.2 Å². The molecule has 4 aliphatic rings. The lowest BCUT2D eigenvalue weighted by Gasteiger charge is -2.37. The Morgan fingerprint density at radius 2 is 0.964 bits per heavy atom. The number of hydrogen-bond acceptors (Lipinski definition) is 6. The first-order valence-corrected chi connectivity index (χ1v) is 22.9. The molecule has 0 radical (unpaired) electrons. The zero-order valence-corrected chi connectivity index (χ0v) is 34.5. The molecule has 0 fully saturated rings. The van der Waals surface area contributed by atoms with Gasteiger partial charge in [-0.3, -0.25) is 9.59 Å². The molecule has 0 unspecified atom stereocenters. The number of nitrogens with zero attached hydrogens (tertiary/aromatic N) is 4. The van der Waals surface area contributed by atoms with Crippen LogP contribution < -0.4 is 29.6 Å². The Hall–Kier alpha value is -4.54. The van der Waals surface area contributed by atoms with Gasteiger partial charge in [-0.05, 0) is 121 Å². The average Bonchev–Trinajstić information content (AvgIpc) is 3.18. The summed E-state index contributed by atoms with van der Waals surface area (Å²) in [5.41, 5.74) is 15.2. The Morgan fingerprint density at radius 3 is 1.32 bits per heavy atom. The first-order chi connectivity index (χ1) is 27.4. The van der Waals surface area contributed by atoms with Crippen LogP contribution in [0.4, 0.5) is 22.7 Å². The molecule has 0 saturated carbocycles. The van der Waals surface area contributed by atoms with Crippen molar-refractivity contribution in [1.82, 2.24) is 0 Å². The number of aromatic nitrogens is 2. The number of rotatable bonds is 13. The highest BCUT2D eigenvalue weighted by Crippen LogP contribution is 2.38. The van der Waals surface area contributed by atoms with Gasteiger partial charge in [0, 0.05) is 87.8 Å². The van der Waals surface area contributed by atoms with E-state index in [-0.39, 0.29) is 11.8 Å². The lowest BCUT2D eigenvalue weighted by atomic mass is 9.90. The van der Waals surface area contributed by atoms with Crippen LogP contribution in [0, 0.1) is 0 Å². The van der Waals surface area contributed by atoms with E-state index in [1.807, 2.05) is 33.7 Å². The molecule has 2 amide bonds. The summed E-state index contributed by atoms with van der Waals surface area (Å²) in [6, 6.07) is 17.6. The molecule has 2 N–H and O–H groups in total. The van der Waals surface area contributed by atoms with Crippen molar-refractivity contribution in [3.63, 3.8) is 0 Å². The smallest absolute Gasteiger partial charge is 0.221 e. The maximum Gasteiger partial charge on any atom is 0.221 e. The van der Waals surface area contributed by atoms with Crippen LogP contribution in [0.1, 0.15) is 84.3 Å². The van der Waals surface area contributed by atoms with Gasteiger partial charge in [-0.2, -0.15) is 9.13 Å². The SMILES string of the molecule is CC(=O)Nc1cc[n+](CCSSCC[n+]2ccc(NC(C)=O)cc2/C=C/c2cc3c4c(c2)CCCN4CCC3)c(/C=C/c2cc3c4c(c2)CCCN4CCC3)c1. The van der Waals surface area contributed by atoms with Crippen LogP contribution in [0.5, 0.6) is 0 Å². The Labute approximate surface area is 339 Å². The van der Waals surface area contributed by atoms with Crippen LogP contribution in [-0.4, -0.2) is 49.5 Å². The number of hydrogen-bond donors (Lipinski definition) is 2. The van der Waals surface area contributed by atoms with Crippen LogP contribution in [-0.2, 0) is 48.4 Å². The van der Waals surface area contributed by atoms with Crippen molar-refractivity contribution in [2.45, 2.75) is 78.3 Å². The highest BCUT2D eigenvalue weighted by atomic mass is 33.1. The van der Waals surface area contributed by atoms with Crippen molar-refractivity contribution in [3.8, 4) is 0 Å². The van der Waals surface area contributed by atoms with E-state index >= 15 is 0 Å². The Balaban J connectivity index is 0.914. The van der Waals surface area contributed by atoms with Crippen molar-refractivity contribution in [3.05, 3.63) is 106 Å². The molecule has 8 rings (SSSR count). The van der Waals surface area contributed by atoms with Gasteiger partial charge < -0.3 is 20.4 Å². The molecule has 4 aromatic rings. The molecule has 8 nitrogen and oxygen atoms in total. The molecule has 2 aromatic carbocycles. The number of pyridine rings is 2. The number of carbonyl (C=O) groups is 2. The highest BCUT2D eigenvalue weighted by molar-refractivity contribution is 8.76. The maximum absolute atomic E-state index is 11.9. The first kappa shape index (κ1) is 38.3. The topological polar surface area (TPSA) is 72.4 Å². The largest absolute Gasteiger partial charge is 0.371 e. The Morgan fingerprint density at radius 1 is 0.589 bits per heavy atom. The molecule has 0 bridgehead atoms. The van der Waals surface area contributed by atoms with E-state index in [1.54, 1.807) is 13.8 Å². The normalized spacial score (nSPS) is 15.9. The Bertz CT molecular complexity index is 1970. The Kier molecular flexibility index (Phi) is 12.1. The van der Waals surface area contributed by atoms with Gasteiger partial charge in [0.1, 0.15) is 0 Å². The van der Waals surface area contributed by atoms with E-state index in [1.165, 1.54) is 96.6 Å². The quantitative estimate of drug-likeness (QED) is 0.0814. The fraction of sp³-hybridized carbons (Fsp3) is 0.391. The fourth-order valence-electron chi connectivity index (χ4n) is 8.96. The van der Waals surface area contributed by atoms with Crippen LogP contribution >= 0.6 is 21.6 Å². The summed E-state index contributed by atoms with van der Waals surface area (Å²) in [6.07, 6.45) is 22.6. The van der Waals surface area contributed by atoms with Crippen molar-refractivity contribution in [1.29, 1.82) is 0 Å². The van der Waals surface area contributed by atoms with Gasteiger partial charge in [-0.15, -0.1) is 0 Å². The third-order valence-electron chi connectivity index (χ3n) is 11.3. The molecule has 0 aliphatic carbocycles. The van der Waals surface area contributed by atoms with Gasteiger partial charge in [0.25, 0.3) is 0 Å². The summed E-state index contributed by atoms with van der Waals surface area (Å²) < 4.78 is 4.56. The summed E-state index contributed by atoms with van der Waals surface area (Å²) in [4.78, 5) is 29.0.